The van der Waals surface area contributed by atoms with E-state index in [9.17, 15) is 4.79 Å². The Balaban J connectivity index is 2.72. The molecule has 112 valence electrons. The Morgan fingerprint density at radius 1 is 1.25 bits per heavy atom. The summed E-state index contributed by atoms with van der Waals surface area (Å²) in [5, 5.41) is 2.78. The van der Waals surface area contributed by atoms with E-state index in [2.05, 4.69) is 19.2 Å². The molecule has 2 atom stereocenters. The lowest BCUT2D eigenvalue weighted by molar-refractivity contribution is -0.130. The molecule has 5 heteroatoms. The fourth-order valence-corrected chi connectivity index (χ4v) is 1.60. The molecule has 1 aromatic rings. The van der Waals surface area contributed by atoms with Crippen molar-refractivity contribution in [2.24, 2.45) is 5.92 Å². The Hall–Kier alpha value is -1.75. The summed E-state index contributed by atoms with van der Waals surface area (Å²) in [4.78, 5) is 12.1. The highest BCUT2D eigenvalue weighted by Crippen LogP contribution is 2.26. The number of amides is 1. The molecule has 0 saturated heterocycles. The molecule has 0 saturated carbocycles. The molecule has 0 heterocycles. The van der Waals surface area contributed by atoms with E-state index in [1.54, 1.807) is 32.2 Å². The third-order valence-electron chi connectivity index (χ3n) is 3.21. The fourth-order valence-electron chi connectivity index (χ4n) is 1.60. The predicted octanol–water partition coefficient (Wildman–Crippen LogP) is 2.67. The minimum absolute atomic E-state index is 0.0125. The topological polar surface area (TPSA) is 73.6 Å². The normalized spacial score (nSPS) is 13.9. The second-order valence-corrected chi connectivity index (χ2v) is 5.18. The Kier molecular flexibility index (Phi) is 5.82. The lowest BCUT2D eigenvalue weighted by Crippen LogP contribution is -2.32. The molecule has 5 nitrogen and oxygen atoms in total. The van der Waals surface area contributed by atoms with Crippen LogP contribution in [0.1, 0.15) is 27.7 Å². The zero-order valence-corrected chi connectivity index (χ0v) is 12.8. The second kappa shape index (κ2) is 7.14. The van der Waals surface area contributed by atoms with Crippen molar-refractivity contribution in [3.63, 3.8) is 0 Å². The van der Waals surface area contributed by atoms with Gasteiger partial charge in [0, 0.05) is 5.69 Å². The number of hydrogen-bond acceptors (Lipinski definition) is 4. The minimum atomic E-state index is -0.543. The molecule has 0 bridgehead atoms. The highest BCUT2D eigenvalue weighted by Gasteiger charge is 2.19. The molecule has 3 N–H and O–H groups in total. The summed E-state index contributed by atoms with van der Waals surface area (Å²) in [5.74, 6) is 0.699. The van der Waals surface area contributed by atoms with Gasteiger partial charge in [-0.05, 0) is 38.0 Å². The predicted molar refractivity (Wildman–Crippen MR) is 80.9 cm³/mol. The van der Waals surface area contributed by atoms with Crippen molar-refractivity contribution in [3.8, 4) is 5.75 Å². The number of methoxy groups -OCH3 is 1. The first-order chi connectivity index (χ1) is 9.35. The van der Waals surface area contributed by atoms with Gasteiger partial charge in [-0.3, -0.25) is 4.79 Å². The molecule has 1 aromatic carbocycles. The molecule has 0 aliphatic heterocycles. The molecule has 2 unspecified atom stereocenters. The number of ether oxygens (including phenoxy) is 2. The Labute approximate surface area is 120 Å². The molecule has 0 aliphatic rings. The van der Waals surface area contributed by atoms with Gasteiger partial charge in [0.1, 0.15) is 11.9 Å². The van der Waals surface area contributed by atoms with E-state index in [1.807, 2.05) is 6.92 Å². The number of hydrogen-bond donors (Lipinski definition) is 2. The van der Waals surface area contributed by atoms with Gasteiger partial charge in [-0.25, -0.2) is 0 Å². The van der Waals surface area contributed by atoms with Crippen molar-refractivity contribution in [2.75, 3.05) is 18.2 Å². The summed E-state index contributed by atoms with van der Waals surface area (Å²) in [6.07, 6.45) is -0.531. The van der Waals surface area contributed by atoms with Gasteiger partial charge in [0.2, 0.25) is 0 Å². The van der Waals surface area contributed by atoms with Crippen molar-refractivity contribution in [3.05, 3.63) is 18.2 Å². The molecule has 0 aromatic heterocycles. The number of anilines is 2. The zero-order valence-electron chi connectivity index (χ0n) is 12.8. The number of nitrogen functional groups attached to an aromatic ring is 1. The van der Waals surface area contributed by atoms with Gasteiger partial charge in [-0.1, -0.05) is 13.8 Å². The standard InChI is InChI=1S/C15H24N2O3/c1-9(2)10(3)20-11(4)15(18)17-13-8-12(16)6-7-14(13)19-5/h6-11H,16H2,1-5H3,(H,17,18). The lowest BCUT2D eigenvalue weighted by Gasteiger charge is -2.22. The molecule has 0 radical (unpaired) electrons. The molecule has 0 aliphatic carbocycles. The summed E-state index contributed by atoms with van der Waals surface area (Å²) in [5.41, 5.74) is 6.82. The number of nitrogens with one attached hydrogen (secondary N) is 1. The van der Waals surface area contributed by atoms with Gasteiger partial charge < -0.3 is 20.5 Å². The monoisotopic (exact) mass is 280 g/mol. The number of rotatable bonds is 6. The van der Waals surface area contributed by atoms with Gasteiger partial charge in [-0.15, -0.1) is 0 Å². The van der Waals surface area contributed by atoms with Crippen LogP contribution in [-0.2, 0) is 9.53 Å². The maximum atomic E-state index is 12.1. The SMILES string of the molecule is COc1ccc(N)cc1NC(=O)C(C)OC(C)C(C)C. The first kappa shape index (κ1) is 16.3. The van der Waals surface area contributed by atoms with Crippen molar-refractivity contribution in [1.29, 1.82) is 0 Å². The Bertz CT molecular complexity index is 460. The van der Waals surface area contributed by atoms with Crippen molar-refractivity contribution in [1.82, 2.24) is 0 Å². The van der Waals surface area contributed by atoms with Gasteiger partial charge in [0.25, 0.3) is 5.91 Å². The zero-order chi connectivity index (χ0) is 15.3. The van der Waals surface area contributed by atoms with Gasteiger partial charge >= 0.3 is 0 Å². The summed E-state index contributed by atoms with van der Waals surface area (Å²) >= 11 is 0. The van der Waals surface area contributed by atoms with E-state index >= 15 is 0 Å². The Morgan fingerprint density at radius 3 is 2.45 bits per heavy atom. The second-order valence-electron chi connectivity index (χ2n) is 5.18. The summed E-state index contributed by atoms with van der Waals surface area (Å²) < 4.78 is 10.9. The molecular formula is C15H24N2O3. The summed E-state index contributed by atoms with van der Waals surface area (Å²) in [7, 11) is 1.54. The number of nitrogens with two attached hydrogens (primary N) is 1. The fraction of sp³-hybridized carbons (Fsp3) is 0.533. The van der Waals surface area contributed by atoms with Crippen LogP contribution in [0, 0.1) is 5.92 Å². The van der Waals surface area contributed by atoms with E-state index in [4.69, 9.17) is 15.2 Å². The smallest absolute Gasteiger partial charge is 0.253 e. The average molecular weight is 280 g/mol. The molecule has 20 heavy (non-hydrogen) atoms. The van der Waals surface area contributed by atoms with Crippen LogP contribution in [0.2, 0.25) is 0 Å². The number of carbonyl (C=O) groups is 1. The maximum Gasteiger partial charge on any atom is 0.253 e. The molecule has 0 fully saturated rings. The van der Waals surface area contributed by atoms with Crippen LogP contribution in [0.3, 0.4) is 0 Å². The van der Waals surface area contributed by atoms with Crippen LogP contribution < -0.4 is 15.8 Å². The quantitative estimate of drug-likeness (QED) is 0.786. The third kappa shape index (κ3) is 4.42. The molecule has 1 rings (SSSR count). The van der Waals surface area contributed by atoms with Crippen LogP contribution in [0.25, 0.3) is 0 Å². The van der Waals surface area contributed by atoms with Crippen molar-refractivity contribution >= 4 is 17.3 Å². The van der Waals surface area contributed by atoms with E-state index in [0.29, 0.717) is 23.0 Å². The van der Waals surface area contributed by atoms with E-state index < -0.39 is 6.10 Å². The van der Waals surface area contributed by atoms with Crippen LogP contribution in [0.5, 0.6) is 5.75 Å². The van der Waals surface area contributed by atoms with Gasteiger partial charge in [-0.2, -0.15) is 0 Å². The first-order valence-electron chi connectivity index (χ1n) is 6.75. The summed E-state index contributed by atoms with van der Waals surface area (Å²) in [6, 6.07) is 5.10. The first-order valence-corrected chi connectivity index (χ1v) is 6.75. The number of benzene rings is 1. The van der Waals surface area contributed by atoms with E-state index in [0.717, 1.165) is 0 Å². The highest BCUT2D eigenvalue weighted by atomic mass is 16.5. The van der Waals surface area contributed by atoms with E-state index in [-0.39, 0.29) is 12.0 Å². The lowest BCUT2D eigenvalue weighted by atomic mass is 10.1. The van der Waals surface area contributed by atoms with E-state index in [1.165, 1.54) is 0 Å². The van der Waals surface area contributed by atoms with Crippen LogP contribution >= 0.6 is 0 Å². The third-order valence-corrected chi connectivity index (χ3v) is 3.21. The molecule has 0 spiro atoms. The van der Waals surface area contributed by atoms with Crippen LogP contribution in [0.15, 0.2) is 18.2 Å². The highest BCUT2D eigenvalue weighted by molar-refractivity contribution is 5.95. The van der Waals surface area contributed by atoms with Gasteiger partial charge in [0.05, 0.1) is 18.9 Å². The Morgan fingerprint density at radius 2 is 1.90 bits per heavy atom. The largest absolute Gasteiger partial charge is 0.495 e. The van der Waals surface area contributed by atoms with Crippen LogP contribution in [0.4, 0.5) is 11.4 Å². The van der Waals surface area contributed by atoms with Gasteiger partial charge in [0.15, 0.2) is 0 Å². The summed E-state index contributed by atoms with van der Waals surface area (Å²) in [6.45, 7) is 7.79. The average Bonchev–Trinajstić information content (AvgIpc) is 2.38. The number of carbonyl (C=O) groups excluding carboxylic acids is 1. The van der Waals surface area contributed by atoms with Crippen molar-refractivity contribution < 1.29 is 14.3 Å². The minimum Gasteiger partial charge on any atom is -0.495 e. The molecular weight excluding hydrogens is 256 g/mol. The van der Waals surface area contributed by atoms with Crippen LogP contribution in [-0.4, -0.2) is 25.2 Å². The maximum absolute atomic E-state index is 12.1. The molecule has 1 amide bonds. The van der Waals surface area contributed by atoms with Crippen molar-refractivity contribution in [2.45, 2.75) is 39.9 Å².